The van der Waals surface area contributed by atoms with Crippen molar-refractivity contribution in [1.29, 1.82) is 0 Å². The summed E-state index contributed by atoms with van der Waals surface area (Å²) in [5.74, 6) is 0.658. The van der Waals surface area contributed by atoms with Crippen LogP contribution in [0.2, 0.25) is 0 Å². The lowest BCUT2D eigenvalue weighted by Gasteiger charge is -2.13. The van der Waals surface area contributed by atoms with Crippen molar-refractivity contribution in [3.63, 3.8) is 0 Å². The summed E-state index contributed by atoms with van der Waals surface area (Å²) in [4.78, 5) is 3.79. The number of hydrogen-bond acceptors (Lipinski definition) is 5. The van der Waals surface area contributed by atoms with Gasteiger partial charge in [0, 0.05) is 17.8 Å². The van der Waals surface area contributed by atoms with E-state index in [4.69, 9.17) is 0 Å². The first-order chi connectivity index (χ1) is 14.0. The summed E-state index contributed by atoms with van der Waals surface area (Å²) in [6.07, 6.45) is -7.06. The Morgan fingerprint density at radius 1 is 1.07 bits per heavy atom. The Hall–Kier alpha value is -2.44. The maximum atomic E-state index is 13.0. The van der Waals surface area contributed by atoms with E-state index in [0.717, 1.165) is 24.1 Å². The van der Waals surface area contributed by atoms with Crippen molar-refractivity contribution in [1.82, 2.24) is 25.4 Å². The first-order valence-corrected chi connectivity index (χ1v) is 9.06. The number of nitrogens with one attached hydrogen (secondary N) is 2. The SMILES string of the molecule is OC(/C=C\n1cnc(-c2cc(C(F)(F)F)cc(C(F)(F)F)c2)n1)NC1C2CNCC21. The van der Waals surface area contributed by atoms with E-state index in [9.17, 15) is 31.4 Å². The van der Waals surface area contributed by atoms with Crippen LogP contribution in [0.15, 0.2) is 30.6 Å². The molecule has 2 aliphatic rings. The molecule has 162 valence electrons. The minimum atomic E-state index is -4.95. The lowest BCUT2D eigenvalue weighted by molar-refractivity contribution is -0.143. The Bertz CT molecular complexity index is 911. The second kappa shape index (κ2) is 7.36. The van der Waals surface area contributed by atoms with Crippen LogP contribution >= 0.6 is 0 Å². The van der Waals surface area contributed by atoms with Gasteiger partial charge in [0.2, 0.25) is 0 Å². The van der Waals surface area contributed by atoms with Crippen molar-refractivity contribution in [2.24, 2.45) is 11.8 Å². The Kier molecular flexibility index (Phi) is 5.11. The van der Waals surface area contributed by atoms with Gasteiger partial charge in [-0.2, -0.15) is 26.3 Å². The van der Waals surface area contributed by atoms with Crippen LogP contribution in [0, 0.1) is 11.8 Å². The number of aliphatic hydroxyl groups is 1. The van der Waals surface area contributed by atoms with Gasteiger partial charge in [-0.25, -0.2) is 9.67 Å². The van der Waals surface area contributed by atoms with Gasteiger partial charge < -0.3 is 10.4 Å². The third kappa shape index (κ3) is 4.35. The molecule has 0 bridgehead atoms. The van der Waals surface area contributed by atoms with E-state index in [-0.39, 0.29) is 17.9 Å². The van der Waals surface area contributed by atoms with Crippen LogP contribution in [-0.2, 0) is 12.4 Å². The molecule has 6 nitrogen and oxygen atoms in total. The molecule has 0 radical (unpaired) electrons. The zero-order valence-electron chi connectivity index (χ0n) is 15.2. The second-order valence-corrected chi connectivity index (χ2v) is 7.31. The number of aromatic nitrogens is 3. The Labute approximate surface area is 166 Å². The third-order valence-corrected chi connectivity index (χ3v) is 5.23. The van der Waals surface area contributed by atoms with Gasteiger partial charge in [0.15, 0.2) is 5.82 Å². The van der Waals surface area contributed by atoms with Gasteiger partial charge >= 0.3 is 12.4 Å². The summed E-state index contributed by atoms with van der Waals surface area (Å²) in [6.45, 7) is 1.78. The molecule has 1 saturated carbocycles. The van der Waals surface area contributed by atoms with Crippen molar-refractivity contribution in [3.8, 4) is 11.4 Å². The molecule has 2 heterocycles. The summed E-state index contributed by atoms with van der Waals surface area (Å²) < 4.78 is 79.1. The highest BCUT2D eigenvalue weighted by Gasteiger charge is 2.53. The lowest BCUT2D eigenvalue weighted by Crippen LogP contribution is -2.34. The highest BCUT2D eigenvalue weighted by Crippen LogP contribution is 2.42. The van der Waals surface area contributed by atoms with Gasteiger partial charge in [0.05, 0.1) is 11.1 Å². The van der Waals surface area contributed by atoms with Gasteiger partial charge in [-0.1, -0.05) is 0 Å². The van der Waals surface area contributed by atoms with Gasteiger partial charge in [0.1, 0.15) is 12.6 Å². The number of alkyl halides is 6. The molecule has 30 heavy (non-hydrogen) atoms. The predicted molar refractivity (Wildman–Crippen MR) is 93.6 cm³/mol. The third-order valence-electron chi connectivity index (χ3n) is 5.23. The standard InChI is InChI=1S/C18H17F6N5O/c19-17(20,21)10-3-9(4-11(5-10)18(22,23)24)16-26-8-29(28-16)2-1-14(30)27-15-12-6-25-7-13(12)15/h1-5,8,12-15,25,27,30H,6-7H2/b2-1-. The minimum absolute atomic E-state index is 0.0468. The number of halogens is 6. The maximum absolute atomic E-state index is 13.0. The predicted octanol–water partition coefficient (Wildman–Crippen LogP) is 2.58. The molecule has 3 atom stereocenters. The number of rotatable bonds is 5. The van der Waals surface area contributed by atoms with Gasteiger partial charge in [0.25, 0.3) is 0 Å². The van der Waals surface area contributed by atoms with Crippen LogP contribution in [0.1, 0.15) is 11.1 Å². The van der Waals surface area contributed by atoms with Gasteiger partial charge in [-0.15, -0.1) is 5.10 Å². The molecular formula is C18H17F6N5O. The quantitative estimate of drug-likeness (QED) is 0.499. The van der Waals surface area contributed by atoms with Crippen molar-refractivity contribution >= 4 is 6.20 Å². The number of piperidine rings is 1. The fourth-order valence-corrected chi connectivity index (χ4v) is 3.65. The average molecular weight is 433 g/mol. The van der Waals surface area contributed by atoms with Crippen molar-refractivity contribution in [2.75, 3.05) is 13.1 Å². The average Bonchev–Trinajstić information content (AvgIpc) is 3.08. The number of aliphatic hydroxyl groups excluding tert-OH is 1. The maximum Gasteiger partial charge on any atom is 0.416 e. The summed E-state index contributed by atoms with van der Waals surface area (Å²) in [5.41, 5.74) is -3.30. The van der Waals surface area contributed by atoms with Gasteiger partial charge in [-0.05, 0) is 49.2 Å². The van der Waals surface area contributed by atoms with E-state index in [0.29, 0.717) is 24.0 Å². The Balaban J connectivity index is 1.50. The van der Waals surface area contributed by atoms with E-state index in [1.54, 1.807) is 0 Å². The van der Waals surface area contributed by atoms with E-state index >= 15 is 0 Å². The normalized spacial score (nSPS) is 25.0. The van der Waals surface area contributed by atoms with Crippen LogP contribution in [0.4, 0.5) is 26.3 Å². The summed E-state index contributed by atoms with van der Waals surface area (Å²) in [6, 6.07) is 1.39. The Morgan fingerprint density at radius 2 is 1.67 bits per heavy atom. The van der Waals surface area contributed by atoms with E-state index in [1.165, 1.54) is 12.3 Å². The largest absolute Gasteiger partial charge is 0.416 e. The number of nitrogens with zero attached hydrogens (tertiary/aromatic N) is 3. The first kappa shape index (κ1) is 20.8. The van der Waals surface area contributed by atoms with Crippen LogP contribution in [0.5, 0.6) is 0 Å². The molecule has 1 aromatic carbocycles. The van der Waals surface area contributed by atoms with E-state index < -0.39 is 35.3 Å². The molecule has 3 N–H and O–H groups in total. The molecule has 1 aromatic heterocycles. The first-order valence-electron chi connectivity index (χ1n) is 9.06. The summed E-state index contributed by atoms with van der Waals surface area (Å²) in [5, 5.41) is 20.2. The molecule has 1 aliphatic carbocycles. The molecular weight excluding hydrogens is 416 g/mol. The van der Waals surface area contributed by atoms with Gasteiger partial charge in [-0.3, -0.25) is 5.32 Å². The highest BCUT2D eigenvalue weighted by molar-refractivity contribution is 5.58. The van der Waals surface area contributed by atoms with Crippen LogP contribution in [0.3, 0.4) is 0 Å². The molecule has 2 fully saturated rings. The molecule has 2 aromatic rings. The van der Waals surface area contributed by atoms with Crippen LogP contribution in [0.25, 0.3) is 17.6 Å². The topological polar surface area (TPSA) is 75.0 Å². The molecule has 3 unspecified atom stereocenters. The van der Waals surface area contributed by atoms with Crippen LogP contribution in [-0.4, -0.2) is 45.2 Å². The zero-order valence-corrected chi connectivity index (χ0v) is 15.2. The van der Waals surface area contributed by atoms with E-state index in [1.807, 2.05) is 0 Å². The van der Waals surface area contributed by atoms with Crippen molar-refractivity contribution in [3.05, 3.63) is 41.7 Å². The molecule has 0 spiro atoms. The second-order valence-electron chi connectivity index (χ2n) is 7.31. The fraction of sp³-hybridized carbons (Fsp3) is 0.444. The lowest BCUT2D eigenvalue weighted by atomic mass is 10.0. The Morgan fingerprint density at radius 3 is 2.23 bits per heavy atom. The zero-order chi connectivity index (χ0) is 21.7. The van der Waals surface area contributed by atoms with Crippen LogP contribution < -0.4 is 10.6 Å². The summed E-state index contributed by atoms with van der Waals surface area (Å²) in [7, 11) is 0. The molecule has 4 rings (SSSR count). The number of hydrogen-bond donors (Lipinski definition) is 3. The molecule has 12 heteroatoms. The van der Waals surface area contributed by atoms with Crippen molar-refractivity contribution in [2.45, 2.75) is 24.6 Å². The fourth-order valence-electron chi connectivity index (χ4n) is 3.65. The smallest absolute Gasteiger partial charge is 0.375 e. The molecule has 1 saturated heterocycles. The molecule has 0 amide bonds. The molecule has 1 aliphatic heterocycles. The minimum Gasteiger partial charge on any atom is -0.375 e. The van der Waals surface area contributed by atoms with E-state index in [2.05, 4.69) is 20.7 Å². The highest BCUT2D eigenvalue weighted by atomic mass is 19.4. The van der Waals surface area contributed by atoms with Crippen molar-refractivity contribution < 1.29 is 31.4 Å². The number of fused-ring (bicyclic) bond motifs is 1. The summed E-state index contributed by atoms with van der Waals surface area (Å²) >= 11 is 0. The number of benzene rings is 1. The monoisotopic (exact) mass is 433 g/mol.